The molecule has 0 heterocycles. The lowest BCUT2D eigenvalue weighted by Gasteiger charge is -2.38. The lowest BCUT2D eigenvalue weighted by molar-refractivity contribution is -0.923. The van der Waals surface area contributed by atoms with Gasteiger partial charge in [0.25, 0.3) is 0 Å². The van der Waals surface area contributed by atoms with Crippen LogP contribution in [0, 0.1) is 0 Å². The second-order valence-electron chi connectivity index (χ2n) is 13.0. The molecule has 0 saturated carbocycles. The Kier molecular flexibility index (Phi) is 30.2. The van der Waals surface area contributed by atoms with Crippen molar-refractivity contribution in [3.8, 4) is 0 Å². The molecule has 6 nitrogen and oxygen atoms in total. The minimum atomic E-state index is -0.205. The summed E-state index contributed by atoms with van der Waals surface area (Å²) in [5.74, 6) is -0.204. The van der Waals surface area contributed by atoms with E-state index in [2.05, 4.69) is 42.0 Å². The molecule has 0 radical (unpaired) electrons. The molecule has 0 amide bonds. The third-order valence-electron chi connectivity index (χ3n) is 8.73. The molecule has 8 heteroatoms. The predicted octanol–water partition coefficient (Wildman–Crippen LogP) is 1.68. The van der Waals surface area contributed by atoms with Crippen molar-refractivity contribution in [1.82, 2.24) is 0 Å². The molecule has 0 aromatic carbocycles. The molecule has 0 fully saturated rings. The topological polar surface area (TPSA) is 52.6 Å². The summed E-state index contributed by atoms with van der Waals surface area (Å²) in [6.07, 6.45) is 20.7. The van der Waals surface area contributed by atoms with Crippen LogP contribution in [0.4, 0.5) is 0 Å². The molecular formula is C33H68Br2N2O4. The first-order valence-corrected chi connectivity index (χ1v) is 16.5. The molecule has 0 bridgehead atoms. The highest BCUT2D eigenvalue weighted by Crippen LogP contribution is 2.15. The summed E-state index contributed by atoms with van der Waals surface area (Å²) in [7, 11) is 8.40. The van der Waals surface area contributed by atoms with Gasteiger partial charge in [-0.2, -0.15) is 0 Å². The standard InChI is InChI=1S/C33H68N2O4.2BrH/c1-9-11-13-15-17-19-21-23-28-38-32(36)30(3)34(5,6)26-25-27-35(7,8)31(4)33(37)39-29-24-22-20-18-16-14-12-10-2;;/h30-31H,9-29H2,1-8H3;2*1H/q+2;;/p-2. The third kappa shape index (κ3) is 22.9. The Hall–Kier alpha value is -0.180. The smallest absolute Gasteiger partial charge is 0.364 e. The molecule has 2 atom stereocenters. The van der Waals surface area contributed by atoms with Gasteiger partial charge in [0, 0.05) is 6.42 Å². The number of nitrogens with zero attached hydrogens (tertiary/aromatic N) is 2. The van der Waals surface area contributed by atoms with Crippen molar-refractivity contribution in [3.05, 3.63) is 0 Å². The van der Waals surface area contributed by atoms with Crippen LogP contribution in [-0.4, -0.2) is 87.5 Å². The summed E-state index contributed by atoms with van der Waals surface area (Å²) < 4.78 is 12.4. The van der Waals surface area contributed by atoms with E-state index in [4.69, 9.17) is 9.47 Å². The molecular weight excluding hydrogens is 648 g/mol. The average molecular weight is 717 g/mol. The molecule has 0 saturated heterocycles. The fourth-order valence-electron chi connectivity index (χ4n) is 4.90. The zero-order valence-electron chi connectivity index (χ0n) is 28.3. The maximum Gasteiger partial charge on any atom is 0.364 e. The van der Waals surface area contributed by atoms with Gasteiger partial charge in [-0.1, -0.05) is 104 Å². The van der Waals surface area contributed by atoms with Gasteiger partial charge in [-0.15, -0.1) is 0 Å². The predicted molar refractivity (Wildman–Crippen MR) is 165 cm³/mol. The van der Waals surface area contributed by atoms with Gasteiger partial charge in [-0.3, -0.25) is 0 Å². The number of hydrogen-bond acceptors (Lipinski definition) is 4. The van der Waals surface area contributed by atoms with Crippen molar-refractivity contribution in [2.75, 3.05) is 54.5 Å². The molecule has 0 spiro atoms. The number of quaternary nitrogens is 2. The number of likely N-dealkylation sites (N-methyl/N-ethyl adjacent to an activating group) is 2. The summed E-state index contributed by atoms with van der Waals surface area (Å²) in [6.45, 7) is 11.2. The average Bonchev–Trinajstić information content (AvgIpc) is 2.89. The van der Waals surface area contributed by atoms with Crippen LogP contribution in [0.3, 0.4) is 0 Å². The van der Waals surface area contributed by atoms with Gasteiger partial charge in [0.2, 0.25) is 0 Å². The number of carbonyl (C=O) groups is 2. The first-order valence-electron chi connectivity index (χ1n) is 16.5. The number of unbranched alkanes of at least 4 members (excludes halogenated alkanes) is 14. The van der Waals surface area contributed by atoms with Crippen molar-refractivity contribution in [2.45, 2.75) is 149 Å². The fourth-order valence-corrected chi connectivity index (χ4v) is 4.90. The largest absolute Gasteiger partial charge is 1.00 e. The Morgan fingerprint density at radius 1 is 0.488 bits per heavy atom. The molecule has 0 aliphatic heterocycles. The molecule has 0 N–H and O–H groups in total. The lowest BCUT2D eigenvalue weighted by atomic mass is 10.1. The second-order valence-corrected chi connectivity index (χ2v) is 13.0. The first-order chi connectivity index (χ1) is 18.5. The number of carbonyl (C=O) groups excluding carboxylic acids is 2. The van der Waals surface area contributed by atoms with Crippen molar-refractivity contribution >= 4 is 11.9 Å². The number of hydrogen-bond donors (Lipinski definition) is 0. The van der Waals surface area contributed by atoms with Crippen LogP contribution >= 0.6 is 0 Å². The van der Waals surface area contributed by atoms with Crippen LogP contribution in [0.15, 0.2) is 0 Å². The van der Waals surface area contributed by atoms with Crippen LogP contribution in [0.1, 0.15) is 137 Å². The van der Waals surface area contributed by atoms with Crippen molar-refractivity contribution in [3.63, 3.8) is 0 Å². The zero-order chi connectivity index (χ0) is 29.6. The van der Waals surface area contributed by atoms with Crippen LogP contribution in [0.5, 0.6) is 0 Å². The van der Waals surface area contributed by atoms with E-state index in [1.165, 1.54) is 77.0 Å². The number of rotatable bonds is 26. The zero-order valence-corrected chi connectivity index (χ0v) is 31.5. The number of esters is 2. The maximum absolute atomic E-state index is 12.7. The van der Waals surface area contributed by atoms with Crippen LogP contribution in [-0.2, 0) is 19.1 Å². The number of ether oxygens (including phenoxy) is 2. The first kappa shape index (κ1) is 45.3. The Balaban J connectivity index is -0.00000722. The summed E-state index contributed by atoms with van der Waals surface area (Å²) in [5.41, 5.74) is 0. The Morgan fingerprint density at radius 2 is 0.756 bits per heavy atom. The highest BCUT2D eigenvalue weighted by Gasteiger charge is 2.35. The van der Waals surface area contributed by atoms with Crippen LogP contribution < -0.4 is 34.0 Å². The van der Waals surface area contributed by atoms with E-state index in [-0.39, 0.29) is 58.0 Å². The Bertz CT molecular complexity index is 580. The summed E-state index contributed by atoms with van der Waals surface area (Å²) in [4.78, 5) is 25.4. The highest BCUT2D eigenvalue weighted by atomic mass is 79.9. The molecule has 41 heavy (non-hydrogen) atoms. The monoisotopic (exact) mass is 714 g/mol. The van der Waals surface area contributed by atoms with Crippen molar-refractivity contribution in [2.24, 2.45) is 0 Å². The van der Waals surface area contributed by atoms with E-state index in [1.54, 1.807) is 0 Å². The molecule has 0 aromatic heterocycles. The Labute approximate surface area is 276 Å². The summed E-state index contributed by atoms with van der Waals surface area (Å²) in [6, 6.07) is -0.410. The van der Waals surface area contributed by atoms with E-state index in [9.17, 15) is 9.59 Å². The maximum atomic E-state index is 12.7. The normalized spacial score (nSPS) is 13.1. The van der Waals surface area contributed by atoms with Crippen molar-refractivity contribution in [1.29, 1.82) is 0 Å². The quantitative estimate of drug-likeness (QED) is 0.0778. The SMILES string of the molecule is CCCCCCCCCCOC(=O)C(C)[N+](C)(C)CCC[N+](C)(C)C(C)C(=O)OCCCCCCCCCC.[Br-].[Br-]. The Morgan fingerprint density at radius 3 is 1.05 bits per heavy atom. The van der Waals surface area contributed by atoms with E-state index in [1.807, 2.05) is 13.8 Å². The fraction of sp³-hybridized carbons (Fsp3) is 0.939. The van der Waals surface area contributed by atoms with Gasteiger partial charge in [0.1, 0.15) is 0 Å². The number of halogens is 2. The van der Waals surface area contributed by atoms with E-state index in [0.29, 0.717) is 22.2 Å². The minimum absolute atomic E-state index is 0. The van der Waals surface area contributed by atoms with Gasteiger partial charge in [-0.05, 0) is 26.7 Å². The van der Waals surface area contributed by atoms with Crippen LogP contribution in [0.2, 0.25) is 0 Å². The van der Waals surface area contributed by atoms with Crippen LogP contribution in [0.25, 0.3) is 0 Å². The molecule has 2 unspecified atom stereocenters. The van der Waals surface area contributed by atoms with Gasteiger partial charge >= 0.3 is 11.9 Å². The van der Waals surface area contributed by atoms with Gasteiger partial charge in [0.15, 0.2) is 12.1 Å². The van der Waals surface area contributed by atoms with Gasteiger partial charge < -0.3 is 52.4 Å². The molecule has 248 valence electrons. The van der Waals surface area contributed by atoms with Gasteiger partial charge in [0.05, 0.1) is 54.5 Å². The summed E-state index contributed by atoms with van der Waals surface area (Å²) in [5, 5.41) is 0. The molecule has 0 rings (SSSR count). The van der Waals surface area contributed by atoms with Crippen molar-refractivity contribution < 1.29 is 62.0 Å². The third-order valence-corrected chi connectivity index (χ3v) is 8.73. The lowest BCUT2D eigenvalue weighted by Crippen LogP contribution is -3.00. The molecule has 0 aliphatic rings. The molecule has 0 aliphatic carbocycles. The van der Waals surface area contributed by atoms with E-state index >= 15 is 0 Å². The second kappa shape index (κ2) is 27.4. The van der Waals surface area contributed by atoms with Gasteiger partial charge in [-0.25, -0.2) is 9.59 Å². The highest BCUT2D eigenvalue weighted by molar-refractivity contribution is 5.74. The summed E-state index contributed by atoms with van der Waals surface area (Å²) >= 11 is 0. The minimum Gasteiger partial charge on any atom is -1.00 e. The van der Waals surface area contributed by atoms with E-state index in [0.717, 1.165) is 45.2 Å². The molecule has 0 aromatic rings. The van der Waals surface area contributed by atoms with E-state index < -0.39 is 0 Å².